The summed E-state index contributed by atoms with van der Waals surface area (Å²) in [5, 5.41) is 3.06. The second kappa shape index (κ2) is 10.4. The van der Waals surface area contributed by atoms with Crippen molar-refractivity contribution >= 4 is 34.9 Å². The standard InChI is InChI=1S/C24H23N3O3S/c1-3-30-23(29)19-9-11-21(12-10-19)27(16-18-7-5-13-25-15-18)24(31)26-22(28)20-8-4-6-17(2)14-20/h4-15H,3,16H2,1-2H3,(H,26,28,31). The van der Waals surface area contributed by atoms with Gasteiger partial charge in [-0.15, -0.1) is 0 Å². The molecule has 1 N–H and O–H groups in total. The van der Waals surface area contributed by atoms with E-state index in [1.807, 2.05) is 31.2 Å². The number of nitrogens with one attached hydrogen (secondary N) is 1. The summed E-state index contributed by atoms with van der Waals surface area (Å²) < 4.78 is 5.04. The van der Waals surface area contributed by atoms with E-state index in [4.69, 9.17) is 17.0 Å². The Morgan fingerprint density at radius 2 is 1.84 bits per heavy atom. The summed E-state index contributed by atoms with van der Waals surface area (Å²) in [7, 11) is 0. The number of esters is 1. The van der Waals surface area contributed by atoms with Crippen molar-refractivity contribution in [1.29, 1.82) is 0 Å². The van der Waals surface area contributed by atoms with Gasteiger partial charge in [0.1, 0.15) is 0 Å². The Hall–Kier alpha value is -3.58. The lowest BCUT2D eigenvalue weighted by Gasteiger charge is -2.26. The van der Waals surface area contributed by atoms with Crippen LogP contribution in [0.25, 0.3) is 0 Å². The number of anilines is 1. The number of hydrogen-bond acceptors (Lipinski definition) is 5. The van der Waals surface area contributed by atoms with Crippen LogP contribution in [0.5, 0.6) is 0 Å². The molecule has 0 atom stereocenters. The molecule has 0 aliphatic heterocycles. The van der Waals surface area contributed by atoms with Crippen LogP contribution in [0.3, 0.4) is 0 Å². The van der Waals surface area contributed by atoms with Crippen molar-refractivity contribution in [3.05, 3.63) is 95.3 Å². The van der Waals surface area contributed by atoms with Gasteiger partial charge in [-0.25, -0.2) is 4.79 Å². The Kier molecular flexibility index (Phi) is 7.45. The Morgan fingerprint density at radius 1 is 1.06 bits per heavy atom. The fourth-order valence-corrected chi connectivity index (χ4v) is 3.23. The number of aromatic nitrogens is 1. The zero-order valence-electron chi connectivity index (χ0n) is 17.4. The van der Waals surface area contributed by atoms with Crippen molar-refractivity contribution in [2.45, 2.75) is 20.4 Å². The smallest absolute Gasteiger partial charge is 0.338 e. The van der Waals surface area contributed by atoms with Crippen LogP contribution in [0.2, 0.25) is 0 Å². The minimum atomic E-state index is -0.386. The normalized spacial score (nSPS) is 10.3. The number of ether oxygens (including phenoxy) is 1. The summed E-state index contributed by atoms with van der Waals surface area (Å²) in [5.74, 6) is -0.670. The Morgan fingerprint density at radius 3 is 2.48 bits per heavy atom. The van der Waals surface area contributed by atoms with Crippen molar-refractivity contribution in [2.75, 3.05) is 11.5 Å². The Balaban J connectivity index is 1.84. The molecule has 0 aliphatic carbocycles. The molecule has 0 bridgehead atoms. The lowest BCUT2D eigenvalue weighted by molar-refractivity contribution is 0.0526. The van der Waals surface area contributed by atoms with E-state index < -0.39 is 0 Å². The molecule has 6 nitrogen and oxygen atoms in total. The molecule has 0 radical (unpaired) electrons. The van der Waals surface area contributed by atoms with Crippen molar-refractivity contribution in [2.24, 2.45) is 0 Å². The molecule has 0 saturated carbocycles. The molecule has 31 heavy (non-hydrogen) atoms. The van der Waals surface area contributed by atoms with Crippen LogP contribution in [0.15, 0.2) is 73.1 Å². The number of aryl methyl sites for hydroxylation is 1. The average molecular weight is 434 g/mol. The number of carbonyl (C=O) groups is 2. The zero-order valence-corrected chi connectivity index (χ0v) is 18.2. The van der Waals surface area contributed by atoms with Gasteiger partial charge < -0.3 is 9.64 Å². The van der Waals surface area contributed by atoms with E-state index in [9.17, 15) is 9.59 Å². The highest BCUT2D eigenvalue weighted by molar-refractivity contribution is 7.80. The second-order valence-corrected chi connectivity index (χ2v) is 7.23. The highest BCUT2D eigenvalue weighted by atomic mass is 32.1. The molecule has 0 aliphatic rings. The van der Waals surface area contributed by atoms with Crippen LogP contribution >= 0.6 is 12.2 Å². The van der Waals surface area contributed by atoms with Gasteiger partial charge in [0, 0.05) is 23.6 Å². The number of pyridine rings is 1. The van der Waals surface area contributed by atoms with Crippen molar-refractivity contribution < 1.29 is 14.3 Å². The first-order valence-electron chi connectivity index (χ1n) is 9.83. The summed E-state index contributed by atoms with van der Waals surface area (Å²) in [5.41, 5.74) is 3.61. The molecule has 0 spiro atoms. The molecule has 1 aromatic heterocycles. The van der Waals surface area contributed by atoms with Gasteiger partial charge in [0.25, 0.3) is 5.91 Å². The predicted molar refractivity (Wildman–Crippen MR) is 124 cm³/mol. The maximum absolute atomic E-state index is 12.7. The van der Waals surface area contributed by atoms with E-state index in [0.29, 0.717) is 24.3 Å². The van der Waals surface area contributed by atoms with Crippen LogP contribution in [0, 0.1) is 6.92 Å². The van der Waals surface area contributed by atoms with Gasteiger partial charge in [-0.1, -0.05) is 23.8 Å². The van der Waals surface area contributed by atoms with Gasteiger partial charge in [0.15, 0.2) is 5.11 Å². The lowest BCUT2D eigenvalue weighted by atomic mass is 10.1. The molecule has 0 fully saturated rings. The first-order valence-corrected chi connectivity index (χ1v) is 10.2. The van der Waals surface area contributed by atoms with E-state index >= 15 is 0 Å². The highest BCUT2D eigenvalue weighted by Gasteiger charge is 2.17. The number of hydrogen-bond donors (Lipinski definition) is 1. The number of benzene rings is 2. The number of nitrogens with zero attached hydrogens (tertiary/aromatic N) is 2. The third kappa shape index (κ3) is 5.96. The first-order chi connectivity index (χ1) is 15.0. The van der Waals surface area contributed by atoms with E-state index in [-0.39, 0.29) is 17.0 Å². The minimum absolute atomic E-state index is 0.249. The van der Waals surface area contributed by atoms with Gasteiger partial charge in [0.2, 0.25) is 0 Å². The summed E-state index contributed by atoms with van der Waals surface area (Å²) >= 11 is 5.57. The molecule has 3 aromatic rings. The van der Waals surface area contributed by atoms with Gasteiger partial charge in [0.05, 0.1) is 18.7 Å². The Labute approximate surface area is 186 Å². The van der Waals surface area contributed by atoms with Gasteiger partial charge in [-0.3, -0.25) is 15.1 Å². The maximum Gasteiger partial charge on any atom is 0.338 e. The van der Waals surface area contributed by atoms with Gasteiger partial charge >= 0.3 is 5.97 Å². The summed E-state index contributed by atoms with van der Waals surface area (Å²) in [4.78, 5) is 30.6. The van der Waals surface area contributed by atoms with Crippen molar-refractivity contribution in [1.82, 2.24) is 10.3 Å². The fourth-order valence-electron chi connectivity index (χ4n) is 2.97. The predicted octanol–water partition coefficient (Wildman–Crippen LogP) is 4.29. The minimum Gasteiger partial charge on any atom is -0.462 e. The van der Waals surface area contributed by atoms with E-state index in [1.54, 1.807) is 60.6 Å². The molecule has 158 valence electrons. The first kappa shape index (κ1) is 22.1. The number of carbonyl (C=O) groups excluding carboxylic acids is 2. The molecular formula is C24H23N3O3S. The van der Waals surface area contributed by atoms with Crippen LogP contribution in [-0.4, -0.2) is 28.6 Å². The number of thiocarbonyl (C=S) groups is 1. The molecule has 2 aromatic carbocycles. The van der Waals surface area contributed by atoms with Gasteiger partial charge in [-0.2, -0.15) is 0 Å². The van der Waals surface area contributed by atoms with E-state index in [0.717, 1.165) is 16.8 Å². The molecule has 0 unspecified atom stereocenters. The zero-order chi connectivity index (χ0) is 22.2. The largest absolute Gasteiger partial charge is 0.462 e. The third-order valence-electron chi connectivity index (χ3n) is 4.50. The monoisotopic (exact) mass is 433 g/mol. The summed E-state index contributed by atoms with van der Waals surface area (Å²) in [6.45, 7) is 4.40. The van der Waals surface area contributed by atoms with E-state index in [1.165, 1.54) is 0 Å². The van der Waals surface area contributed by atoms with Crippen molar-refractivity contribution in [3.8, 4) is 0 Å². The molecule has 1 amide bonds. The number of rotatable bonds is 6. The molecule has 3 rings (SSSR count). The fraction of sp³-hybridized carbons (Fsp3) is 0.167. The van der Waals surface area contributed by atoms with Crippen molar-refractivity contribution in [3.63, 3.8) is 0 Å². The third-order valence-corrected chi connectivity index (χ3v) is 4.82. The second-order valence-electron chi connectivity index (χ2n) is 6.84. The topological polar surface area (TPSA) is 71.5 Å². The highest BCUT2D eigenvalue weighted by Crippen LogP contribution is 2.19. The molecule has 0 saturated heterocycles. The van der Waals surface area contributed by atoms with Crippen LogP contribution in [0.1, 0.15) is 38.8 Å². The van der Waals surface area contributed by atoms with Gasteiger partial charge in [-0.05, 0) is 74.1 Å². The maximum atomic E-state index is 12.7. The molecular weight excluding hydrogens is 410 g/mol. The van der Waals surface area contributed by atoms with Crippen LogP contribution < -0.4 is 10.2 Å². The van der Waals surface area contributed by atoms with Crippen LogP contribution in [-0.2, 0) is 11.3 Å². The molecule has 7 heteroatoms. The Bertz CT molecular complexity index is 1070. The molecule has 1 heterocycles. The van der Waals surface area contributed by atoms with E-state index in [2.05, 4.69) is 10.3 Å². The average Bonchev–Trinajstić information content (AvgIpc) is 2.78. The SMILES string of the molecule is CCOC(=O)c1ccc(N(Cc2cccnc2)C(=S)NC(=O)c2cccc(C)c2)cc1. The quantitative estimate of drug-likeness (QED) is 0.462. The van der Waals surface area contributed by atoms with Crippen LogP contribution in [0.4, 0.5) is 5.69 Å². The summed E-state index contributed by atoms with van der Waals surface area (Å²) in [6.07, 6.45) is 3.44. The number of amides is 1. The summed E-state index contributed by atoms with van der Waals surface area (Å²) in [6, 6.07) is 18.0. The lowest BCUT2D eigenvalue weighted by Crippen LogP contribution is -2.42.